The lowest BCUT2D eigenvalue weighted by atomic mass is 10.0. The van der Waals surface area contributed by atoms with Crippen LogP contribution in [0.4, 0.5) is 0 Å². The highest BCUT2D eigenvalue weighted by Gasteiger charge is 2.17. The van der Waals surface area contributed by atoms with Gasteiger partial charge >= 0.3 is 0 Å². The van der Waals surface area contributed by atoms with Crippen molar-refractivity contribution in [3.05, 3.63) is 34.9 Å². The number of benzene rings is 1. The van der Waals surface area contributed by atoms with Gasteiger partial charge in [0.2, 0.25) is 0 Å². The van der Waals surface area contributed by atoms with Crippen LogP contribution in [0.25, 0.3) is 0 Å². The van der Waals surface area contributed by atoms with Crippen molar-refractivity contribution < 1.29 is 0 Å². The molecule has 16 heavy (non-hydrogen) atoms. The highest BCUT2D eigenvalue weighted by atomic mass is 15.1. The van der Waals surface area contributed by atoms with Crippen LogP contribution in [0.2, 0.25) is 0 Å². The van der Waals surface area contributed by atoms with Gasteiger partial charge < -0.3 is 5.73 Å². The highest BCUT2D eigenvalue weighted by Crippen LogP contribution is 2.18. The van der Waals surface area contributed by atoms with E-state index < -0.39 is 0 Å². The Morgan fingerprint density at radius 1 is 1.31 bits per heavy atom. The van der Waals surface area contributed by atoms with Gasteiger partial charge in [-0.1, -0.05) is 18.2 Å². The molecule has 0 unspecified atom stereocenters. The van der Waals surface area contributed by atoms with E-state index in [1.54, 1.807) is 0 Å². The van der Waals surface area contributed by atoms with E-state index in [1.165, 1.54) is 36.1 Å². The fourth-order valence-corrected chi connectivity index (χ4v) is 2.56. The highest BCUT2D eigenvalue weighted by molar-refractivity contribution is 5.33. The molecule has 2 nitrogen and oxygen atoms in total. The van der Waals surface area contributed by atoms with Gasteiger partial charge in [0.05, 0.1) is 0 Å². The molecule has 2 N–H and O–H groups in total. The van der Waals surface area contributed by atoms with Crippen LogP contribution in [0, 0.1) is 13.8 Å². The first kappa shape index (κ1) is 11.6. The molecule has 0 aliphatic carbocycles. The zero-order chi connectivity index (χ0) is 11.5. The van der Waals surface area contributed by atoms with Crippen LogP contribution in [0.5, 0.6) is 0 Å². The van der Waals surface area contributed by atoms with E-state index in [0.29, 0.717) is 6.04 Å². The molecule has 1 aromatic rings. The lowest BCUT2D eigenvalue weighted by Crippen LogP contribution is -2.42. The van der Waals surface area contributed by atoms with Gasteiger partial charge in [0, 0.05) is 19.1 Å². The number of hydrogen-bond acceptors (Lipinski definition) is 2. The van der Waals surface area contributed by atoms with Crippen LogP contribution in [0.1, 0.15) is 29.5 Å². The molecule has 88 valence electrons. The lowest BCUT2D eigenvalue weighted by molar-refractivity contribution is 0.201. The van der Waals surface area contributed by atoms with Crippen molar-refractivity contribution in [2.24, 2.45) is 5.73 Å². The molecule has 1 aliphatic rings. The maximum absolute atomic E-state index is 6.01. The Balaban J connectivity index is 2.08. The van der Waals surface area contributed by atoms with Crippen LogP contribution in [-0.2, 0) is 6.54 Å². The van der Waals surface area contributed by atoms with E-state index in [1.807, 2.05) is 0 Å². The molecule has 1 saturated heterocycles. The maximum atomic E-state index is 6.01. The molecule has 1 atom stereocenters. The van der Waals surface area contributed by atoms with Gasteiger partial charge in [-0.05, 0) is 49.9 Å². The van der Waals surface area contributed by atoms with Crippen LogP contribution in [0.3, 0.4) is 0 Å². The topological polar surface area (TPSA) is 29.3 Å². The summed E-state index contributed by atoms with van der Waals surface area (Å²) in [5, 5.41) is 0. The lowest BCUT2D eigenvalue weighted by Gasteiger charge is -2.31. The second-order valence-corrected chi connectivity index (χ2v) is 5.01. The molecule has 1 fully saturated rings. The summed E-state index contributed by atoms with van der Waals surface area (Å²) in [6.45, 7) is 7.71. The summed E-state index contributed by atoms with van der Waals surface area (Å²) in [6, 6.07) is 6.91. The minimum atomic E-state index is 0.373. The Kier molecular flexibility index (Phi) is 3.62. The molecule has 0 spiro atoms. The Morgan fingerprint density at radius 2 is 2.00 bits per heavy atom. The molecule has 2 heteroatoms. The Bertz CT molecular complexity index is 340. The van der Waals surface area contributed by atoms with Crippen molar-refractivity contribution in [3.63, 3.8) is 0 Å². The summed E-state index contributed by atoms with van der Waals surface area (Å²) in [5.41, 5.74) is 10.3. The fraction of sp³-hybridized carbons (Fsp3) is 0.571. The Morgan fingerprint density at radius 3 is 2.62 bits per heavy atom. The predicted molar refractivity (Wildman–Crippen MR) is 68.4 cm³/mol. The predicted octanol–water partition coefficient (Wildman–Crippen LogP) is 2.23. The number of rotatable bonds is 2. The molecule has 0 aromatic heterocycles. The summed E-state index contributed by atoms with van der Waals surface area (Å²) < 4.78 is 0. The number of piperidine rings is 1. The van der Waals surface area contributed by atoms with Crippen molar-refractivity contribution in [1.29, 1.82) is 0 Å². The van der Waals surface area contributed by atoms with E-state index in [9.17, 15) is 0 Å². The second kappa shape index (κ2) is 4.98. The molecule has 0 amide bonds. The summed E-state index contributed by atoms with van der Waals surface area (Å²) in [5.74, 6) is 0. The maximum Gasteiger partial charge on any atom is 0.0239 e. The van der Waals surface area contributed by atoms with E-state index >= 15 is 0 Å². The Labute approximate surface area is 98.4 Å². The van der Waals surface area contributed by atoms with E-state index in [2.05, 4.69) is 36.9 Å². The third-order valence-corrected chi connectivity index (χ3v) is 3.57. The average molecular weight is 218 g/mol. The minimum Gasteiger partial charge on any atom is -0.327 e. The van der Waals surface area contributed by atoms with Gasteiger partial charge in [-0.3, -0.25) is 4.90 Å². The molecular formula is C14H22N2. The number of likely N-dealkylation sites (tertiary alicyclic amines) is 1. The first-order valence-corrected chi connectivity index (χ1v) is 6.20. The van der Waals surface area contributed by atoms with Crippen molar-refractivity contribution in [1.82, 2.24) is 4.90 Å². The summed E-state index contributed by atoms with van der Waals surface area (Å²) in [6.07, 6.45) is 2.43. The normalized spacial score (nSPS) is 22.3. The molecule has 1 aromatic carbocycles. The molecule has 1 aliphatic heterocycles. The van der Waals surface area contributed by atoms with Gasteiger partial charge in [-0.25, -0.2) is 0 Å². The summed E-state index contributed by atoms with van der Waals surface area (Å²) >= 11 is 0. The SMILES string of the molecule is Cc1cccc(C)c1CN1CCC[C@@H](N)C1. The number of aryl methyl sites for hydroxylation is 2. The first-order chi connectivity index (χ1) is 7.66. The van der Waals surface area contributed by atoms with Crippen molar-refractivity contribution in [2.75, 3.05) is 13.1 Å². The van der Waals surface area contributed by atoms with E-state index in [4.69, 9.17) is 5.73 Å². The summed E-state index contributed by atoms with van der Waals surface area (Å²) in [7, 11) is 0. The van der Waals surface area contributed by atoms with Gasteiger partial charge in [0.25, 0.3) is 0 Å². The van der Waals surface area contributed by atoms with Gasteiger partial charge in [-0.2, -0.15) is 0 Å². The van der Waals surface area contributed by atoms with Crippen LogP contribution < -0.4 is 5.73 Å². The third kappa shape index (κ3) is 2.63. The molecular weight excluding hydrogens is 196 g/mol. The molecule has 0 radical (unpaired) electrons. The van der Waals surface area contributed by atoms with Crippen molar-refractivity contribution in [2.45, 2.75) is 39.3 Å². The van der Waals surface area contributed by atoms with Gasteiger partial charge in [0.15, 0.2) is 0 Å². The molecule has 0 saturated carbocycles. The van der Waals surface area contributed by atoms with Crippen molar-refractivity contribution >= 4 is 0 Å². The molecule has 2 rings (SSSR count). The van der Waals surface area contributed by atoms with Gasteiger partial charge in [0.1, 0.15) is 0 Å². The van der Waals surface area contributed by atoms with Crippen LogP contribution in [-0.4, -0.2) is 24.0 Å². The minimum absolute atomic E-state index is 0.373. The van der Waals surface area contributed by atoms with E-state index in [0.717, 1.165) is 13.1 Å². The smallest absolute Gasteiger partial charge is 0.0239 e. The quantitative estimate of drug-likeness (QED) is 0.825. The average Bonchev–Trinajstić information content (AvgIpc) is 2.24. The number of hydrogen-bond donors (Lipinski definition) is 1. The summed E-state index contributed by atoms with van der Waals surface area (Å²) in [4.78, 5) is 2.49. The zero-order valence-corrected chi connectivity index (χ0v) is 10.4. The number of nitrogens with zero attached hydrogens (tertiary/aromatic N) is 1. The monoisotopic (exact) mass is 218 g/mol. The standard InChI is InChI=1S/C14H22N2/c1-11-5-3-6-12(2)14(11)10-16-8-4-7-13(15)9-16/h3,5-6,13H,4,7-10,15H2,1-2H3/t13-/m1/s1. The largest absolute Gasteiger partial charge is 0.327 e. The molecule has 1 heterocycles. The third-order valence-electron chi connectivity index (χ3n) is 3.57. The van der Waals surface area contributed by atoms with Gasteiger partial charge in [-0.15, -0.1) is 0 Å². The molecule has 0 bridgehead atoms. The zero-order valence-electron chi connectivity index (χ0n) is 10.4. The van der Waals surface area contributed by atoms with Crippen LogP contribution in [0.15, 0.2) is 18.2 Å². The fourth-order valence-electron chi connectivity index (χ4n) is 2.56. The Hall–Kier alpha value is -0.860. The van der Waals surface area contributed by atoms with E-state index in [-0.39, 0.29) is 0 Å². The van der Waals surface area contributed by atoms with Crippen LogP contribution >= 0.6 is 0 Å². The first-order valence-electron chi connectivity index (χ1n) is 6.20. The number of nitrogens with two attached hydrogens (primary N) is 1. The van der Waals surface area contributed by atoms with Crippen molar-refractivity contribution in [3.8, 4) is 0 Å². The second-order valence-electron chi connectivity index (χ2n) is 5.01.